The molecule has 3 aromatic heterocycles. The predicted molar refractivity (Wildman–Crippen MR) is 164 cm³/mol. The number of piperazine rings is 1. The molecule has 0 atom stereocenters. The van der Waals surface area contributed by atoms with Gasteiger partial charge in [-0.3, -0.25) is 19.8 Å². The van der Waals surface area contributed by atoms with E-state index in [0.717, 1.165) is 37.1 Å². The van der Waals surface area contributed by atoms with Crippen molar-refractivity contribution in [3.8, 4) is 11.4 Å². The largest absolute Gasteiger partial charge is 0.450 e. The van der Waals surface area contributed by atoms with Crippen LogP contribution in [-0.4, -0.2) is 93.0 Å². The second kappa shape index (κ2) is 14.3. The van der Waals surface area contributed by atoms with Gasteiger partial charge in [-0.05, 0) is 50.0 Å². The number of ketones is 1. The highest BCUT2D eigenvalue weighted by Crippen LogP contribution is 2.38. The van der Waals surface area contributed by atoms with Crippen molar-refractivity contribution in [3.63, 3.8) is 0 Å². The Morgan fingerprint density at radius 1 is 1.04 bits per heavy atom. The lowest BCUT2D eigenvalue weighted by molar-refractivity contribution is -0.137. The lowest BCUT2D eigenvalue weighted by Gasteiger charge is -2.34. The molecule has 0 radical (unpaired) electrons. The average Bonchev–Trinajstić information content (AvgIpc) is 3.45. The minimum atomic E-state index is -4.78. The fourth-order valence-corrected chi connectivity index (χ4v) is 5.69. The highest BCUT2D eigenvalue weighted by Gasteiger charge is 2.36. The Balaban J connectivity index is 1.41. The number of hydrogen-bond acceptors (Lipinski definition) is 9. The summed E-state index contributed by atoms with van der Waals surface area (Å²) in [6.45, 7) is 9.40. The van der Waals surface area contributed by atoms with E-state index in [1.54, 1.807) is 22.5 Å². The molecule has 2 aliphatic rings. The van der Waals surface area contributed by atoms with Gasteiger partial charge >= 0.3 is 12.3 Å². The van der Waals surface area contributed by atoms with E-state index < -0.39 is 17.8 Å². The van der Waals surface area contributed by atoms with Crippen molar-refractivity contribution in [1.29, 1.82) is 0 Å². The zero-order valence-electron chi connectivity index (χ0n) is 25.7. The van der Waals surface area contributed by atoms with E-state index >= 15 is 0 Å². The van der Waals surface area contributed by atoms with Crippen LogP contribution in [0.25, 0.3) is 16.9 Å². The summed E-state index contributed by atoms with van der Waals surface area (Å²) in [5.74, 6) is -0.114. The van der Waals surface area contributed by atoms with E-state index in [1.165, 1.54) is 6.08 Å². The van der Waals surface area contributed by atoms with Crippen molar-refractivity contribution in [1.82, 2.24) is 29.4 Å². The lowest BCUT2D eigenvalue weighted by atomic mass is 10.1. The molecule has 1 N–H and O–H groups in total. The number of allylic oxidation sites excluding steroid dienone is 1. The van der Waals surface area contributed by atoms with Crippen LogP contribution in [0.1, 0.15) is 50.2 Å². The molecule has 3 aromatic rings. The smallest absolute Gasteiger partial charge is 0.417 e. The first kappa shape index (κ1) is 32.9. The number of piperidine rings is 1. The molecule has 0 unspecified atom stereocenters. The molecule has 2 aliphatic heterocycles. The van der Waals surface area contributed by atoms with E-state index in [4.69, 9.17) is 4.74 Å². The van der Waals surface area contributed by atoms with Gasteiger partial charge in [-0.2, -0.15) is 13.2 Å². The van der Waals surface area contributed by atoms with Gasteiger partial charge in [0.15, 0.2) is 17.4 Å². The molecule has 5 heterocycles. The first-order valence-electron chi connectivity index (χ1n) is 15.4. The molecule has 0 bridgehead atoms. The third-order valence-electron chi connectivity index (χ3n) is 8.06. The van der Waals surface area contributed by atoms with Gasteiger partial charge in [0.1, 0.15) is 11.3 Å². The molecular formula is C31H37F3N8O4. The molecule has 12 nitrogen and oxygen atoms in total. The number of alkyl halides is 3. The van der Waals surface area contributed by atoms with Crippen LogP contribution < -0.4 is 10.2 Å². The molecule has 0 spiro atoms. The molecule has 0 aromatic carbocycles. The Morgan fingerprint density at radius 3 is 2.46 bits per heavy atom. The minimum Gasteiger partial charge on any atom is -0.450 e. The van der Waals surface area contributed by atoms with Gasteiger partial charge in [0, 0.05) is 71.0 Å². The maximum absolute atomic E-state index is 14.3. The Bertz CT molecular complexity index is 1590. The normalized spacial score (nSPS) is 16.0. The number of aromatic nitrogens is 4. The van der Waals surface area contributed by atoms with E-state index in [9.17, 15) is 27.6 Å². The van der Waals surface area contributed by atoms with Crippen molar-refractivity contribution in [3.05, 3.63) is 48.3 Å². The summed E-state index contributed by atoms with van der Waals surface area (Å²) in [5.41, 5.74) is 0.243. The standard InChI is InChI=1S/C31H37F3N8O4/c1-3-22(43)8-9-27(44)40-14-12-39(13-15-40)19-21-16-25-29(41-10-6-5-7-11-41)37-28(38-42(25)20-21)23-18-35-26(36-30(45)46-4-2)17-24(23)31(32,33)34/h3,16-18,20H,1,4-15,19H2,2H3,(H,35,36,45). The molecule has 2 saturated heterocycles. The zero-order chi connectivity index (χ0) is 32.8. The van der Waals surface area contributed by atoms with Crippen LogP contribution in [0.15, 0.2) is 37.2 Å². The average molecular weight is 643 g/mol. The van der Waals surface area contributed by atoms with Crippen LogP contribution in [0.2, 0.25) is 0 Å². The summed E-state index contributed by atoms with van der Waals surface area (Å²) in [7, 11) is 0. The summed E-state index contributed by atoms with van der Waals surface area (Å²) in [6.07, 6.45) is 1.60. The van der Waals surface area contributed by atoms with Crippen molar-refractivity contribution in [2.24, 2.45) is 0 Å². The molecule has 46 heavy (non-hydrogen) atoms. The molecule has 2 amide bonds. The first-order chi connectivity index (χ1) is 22.0. The second-order valence-electron chi connectivity index (χ2n) is 11.3. The van der Waals surface area contributed by atoms with E-state index in [2.05, 4.69) is 36.8 Å². The van der Waals surface area contributed by atoms with Crippen molar-refractivity contribution < 1.29 is 32.3 Å². The number of anilines is 2. The molecule has 15 heteroatoms. The fourth-order valence-electron chi connectivity index (χ4n) is 5.69. The number of hydrogen-bond donors (Lipinski definition) is 1. The zero-order valence-corrected chi connectivity index (χ0v) is 25.7. The van der Waals surface area contributed by atoms with E-state index in [1.807, 2.05) is 6.07 Å². The minimum absolute atomic E-state index is 0.0531. The quantitative estimate of drug-likeness (QED) is 0.317. The highest BCUT2D eigenvalue weighted by atomic mass is 19.4. The number of pyridine rings is 1. The Kier molecular flexibility index (Phi) is 10.2. The van der Waals surface area contributed by atoms with Gasteiger partial charge in [0.25, 0.3) is 0 Å². The number of rotatable bonds is 10. The maximum Gasteiger partial charge on any atom is 0.417 e. The predicted octanol–water partition coefficient (Wildman–Crippen LogP) is 4.55. The Labute approximate surface area is 264 Å². The maximum atomic E-state index is 14.3. The lowest BCUT2D eigenvalue weighted by Crippen LogP contribution is -2.48. The highest BCUT2D eigenvalue weighted by molar-refractivity contribution is 5.92. The number of nitrogens with one attached hydrogen (secondary N) is 1. The third-order valence-corrected chi connectivity index (χ3v) is 8.06. The van der Waals surface area contributed by atoms with Crippen molar-refractivity contribution in [2.75, 3.05) is 56.1 Å². The van der Waals surface area contributed by atoms with Gasteiger partial charge < -0.3 is 14.5 Å². The molecule has 246 valence electrons. The Hall–Kier alpha value is -4.53. The molecule has 0 aliphatic carbocycles. The van der Waals surface area contributed by atoms with E-state index in [0.29, 0.717) is 57.1 Å². The van der Waals surface area contributed by atoms with Gasteiger partial charge in [-0.1, -0.05) is 6.58 Å². The van der Waals surface area contributed by atoms with Crippen molar-refractivity contribution >= 4 is 34.9 Å². The topological polar surface area (TPSA) is 125 Å². The SMILES string of the molecule is C=CC(=O)CCC(=O)N1CCN(Cc2cc3c(N4CCCCC4)nc(-c4cnc(NC(=O)OCC)cc4C(F)(F)F)nn3c2)CC1. The summed E-state index contributed by atoms with van der Waals surface area (Å²) in [5, 5.41) is 6.73. The number of halogens is 3. The summed E-state index contributed by atoms with van der Waals surface area (Å²) >= 11 is 0. The first-order valence-corrected chi connectivity index (χ1v) is 15.4. The second-order valence-corrected chi connectivity index (χ2v) is 11.3. The number of amides is 2. The summed E-state index contributed by atoms with van der Waals surface area (Å²) in [4.78, 5) is 50.6. The third kappa shape index (κ3) is 7.81. The van der Waals surface area contributed by atoms with Crippen LogP contribution >= 0.6 is 0 Å². The number of fused-ring (bicyclic) bond motifs is 1. The summed E-state index contributed by atoms with van der Waals surface area (Å²) < 4.78 is 49.3. The fraction of sp³-hybridized carbons (Fsp3) is 0.484. The molecule has 0 saturated carbocycles. The van der Waals surface area contributed by atoms with E-state index in [-0.39, 0.29) is 48.3 Å². The van der Waals surface area contributed by atoms with Gasteiger partial charge in [0.05, 0.1) is 17.7 Å². The molecule has 5 rings (SSSR count). The molecular weight excluding hydrogens is 605 g/mol. The van der Waals surface area contributed by atoms with Crippen LogP contribution in [0.5, 0.6) is 0 Å². The van der Waals surface area contributed by atoms with Crippen LogP contribution in [0.4, 0.5) is 29.6 Å². The van der Waals surface area contributed by atoms with Crippen LogP contribution in [0.3, 0.4) is 0 Å². The molecule has 2 fully saturated rings. The van der Waals surface area contributed by atoms with Gasteiger partial charge in [-0.25, -0.2) is 19.3 Å². The van der Waals surface area contributed by atoms with Gasteiger partial charge in [0.2, 0.25) is 5.91 Å². The number of nitrogens with zero attached hydrogens (tertiary/aromatic N) is 7. The number of carbonyl (C=O) groups is 3. The number of carbonyl (C=O) groups excluding carboxylic acids is 3. The van der Waals surface area contributed by atoms with Crippen LogP contribution in [-0.2, 0) is 27.0 Å². The van der Waals surface area contributed by atoms with Crippen molar-refractivity contribution in [2.45, 2.75) is 51.7 Å². The monoisotopic (exact) mass is 642 g/mol. The number of ether oxygens (including phenoxy) is 1. The summed E-state index contributed by atoms with van der Waals surface area (Å²) in [6, 6.07) is 2.71. The Morgan fingerprint density at radius 2 is 1.78 bits per heavy atom. The van der Waals surface area contributed by atoms with Crippen LogP contribution in [0, 0.1) is 0 Å². The van der Waals surface area contributed by atoms with Gasteiger partial charge in [-0.15, -0.1) is 5.10 Å².